The van der Waals surface area contributed by atoms with Crippen LogP contribution in [0.4, 0.5) is 0 Å². The van der Waals surface area contributed by atoms with E-state index in [9.17, 15) is 29.4 Å². The molecule has 45 heavy (non-hydrogen) atoms. The lowest BCUT2D eigenvalue weighted by atomic mass is 10.0. The van der Waals surface area contributed by atoms with Crippen molar-refractivity contribution in [1.29, 1.82) is 0 Å². The molecular formula is C31H37N7O6S. The smallest absolute Gasteiger partial charge is 0.326 e. The summed E-state index contributed by atoms with van der Waals surface area (Å²) in [4.78, 5) is 62.4. The Labute approximate surface area is 263 Å². The number of carboxylic acid groups (broad SMARTS) is 1. The van der Waals surface area contributed by atoms with Gasteiger partial charge in [-0.1, -0.05) is 30.3 Å². The summed E-state index contributed by atoms with van der Waals surface area (Å²) < 4.78 is 0. The van der Waals surface area contributed by atoms with Gasteiger partial charge in [0.1, 0.15) is 23.9 Å². The maximum atomic E-state index is 13.9. The fourth-order valence-corrected chi connectivity index (χ4v) is 5.32. The van der Waals surface area contributed by atoms with E-state index in [1.807, 2.05) is 30.5 Å². The summed E-state index contributed by atoms with van der Waals surface area (Å²) in [6, 6.07) is 9.35. The average Bonchev–Trinajstić information content (AvgIpc) is 3.69. The molecule has 4 rings (SSSR count). The Hall–Kier alpha value is -4.82. The lowest BCUT2D eigenvalue weighted by molar-refractivity contribution is -0.142. The lowest BCUT2D eigenvalue weighted by Crippen LogP contribution is -2.58. The van der Waals surface area contributed by atoms with Crippen molar-refractivity contribution >= 4 is 46.4 Å². The van der Waals surface area contributed by atoms with Crippen LogP contribution in [0.3, 0.4) is 0 Å². The number of thioether (sulfide) groups is 1. The van der Waals surface area contributed by atoms with Crippen LogP contribution < -0.4 is 21.7 Å². The quantitative estimate of drug-likeness (QED) is 0.0888. The van der Waals surface area contributed by atoms with Crippen LogP contribution in [-0.2, 0) is 38.4 Å². The molecule has 4 aromatic rings. The van der Waals surface area contributed by atoms with Gasteiger partial charge in [-0.25, -0.2) is 9.78 Å². The van der Waals surface area contributed by atoms with E-state index < -0.39 is 47.9 Å². The molecule has 9 N–H and O–H groups in total. The zero-order valence-electron chi connectivity index (χ0n) is 24.7. The molecule has 0 saturated carbocycles. The first-order valence-electron chi connectivity index (χ1n) is 14.3. The van der Waals surface area contributed by atoms with Crippen molar-refractivity contribution in [3.63, 3.8) is 0 Å². The third-order valence-corrected chi connectivity index (χ3v) is 7.94. The number of nitrogens with two attached hydrogens (primary N) is 1. The number of H-pyrrole nitrogens is 2. The second-order valence-electron chi connectivity index (χ2n) is 10.6. The van der Waals surface area contributed by atoms with Crippen molar-refractivity contribution in [2.24, 2.45) is 5.73 Å². The Morgan fingerprint density at radius 3 is 2.22 bits per heavy atom. The van der Waals surface area contributed by atoms with Crippen molar-refractivity contribution in [3.05, 3.63) is 84.1 Å². The zero-order chi connectivity index (χ0) is 32.3. The first-order valence-corrected chi connectivity index (χ1v) is 15.7. The molecule has 2 aromatic heterocycles. The number of benzene rings is 2. The molecule has 0 aliphatic carbocycles. The minimum Gasteiger partial charge on any atom is -0.508 e. The first kappa shape index (κ1) is 33.1. The maximum absolute atomic E-state index is 13.9. The largest absolute Gasteiger partial charge is 0.508 e. The van der Waals surface area contributed by atoms with Crippen LogP contribution in [0, 0.1) is 0 Å². The normalized spacial score (nSPS) is 13.8. The van der Waals surface area contributed by atoms with E-state index in [2.05, 4.69) is 30.9 Å². The van der Waals surface area contributed by atoms with Gasteiger partial charge in [0.2, 0.25) is 17.7 Å². The third-order valence-electron chi connectivity index (χ3n) is 7.30. The number of carboxylic acids is 1. The number of fused-ring (bicyclic) bond motifs is 1. The Morgan fingerprint density at radius 1 is 0.889 bits per heavy atom. The predicted octanol–water partition coefficient (Wildman–Crippen LogP) is 1.24. The number of carbonyl (C=O) groups is 4. The van der Waals surface area contributed by atoms with Crippen molar-refractivity contribution < 1.29 is 29.4 Å². The van der Waals surface area contributed by atoms with E-state index in [1.54, 1.807) is 18.3 Å². The highest BCUT2D eigenvalue weighted by Gasteiger charge is 2.31. The monoisotopic (exact) mass is 635 g/mol. The van der Waals surface area contributed by atoms with Crippen LogP contribution in [-0.4, -0.2) is 85.0 Å². The maximum Gasteiger partial charge on any atom is 0.326 e. The van der Waals surface area contributed by atoms with Gasteiger partial charge >= 0.3 is 5.97 Å². The van der Waals surface area contributed by atoms with Crippen LogP contribution in [0.1, 0.15) is 23.2 Å². The summed E-state index contributed by atoms with van der Waals surface area (Å²) in [5, 5.41) is 28.1. The number of imidazole rings is 1. The summed E-state index contributed by atoms with van der Waals surface area (Å²) in [6.07, 6.45) is 6.96. The Morgan fingerprint density at radius 2 is 1.56 bits per heavy atom. The van der Waals surface area contributed by atoms with Crippen molar-refractivity contribution in [3.8, 4) is 5.75 Å². The number of para-hydroxylation sites is 1. The fourth-order valence-electron chi connectivity index (χ4n) is 4.85. The minimum atomic E-state index is -1.18. The van der Waals surface area contributed by atoms with Crippen LogP contribution in [0.15, 0.2) is 67.3 Å². The first-order chi connectivity index (χ1) is 21.6. The van der Waals surface area contributed by atoms with Gasteiger partial charge in [0.25, 0.3) is 0 Å². The molecule has 3 amide bonds. The highest BCUT2D eigenvalue weighted by atomic mass is 32.2. The van der Waals surface area contributed by atoms with E-state index in [-0.39, 0.29) is 31.4 Å². The molecule has 0 bridgehead atoms. The number of aromatic nitrogens is 3. The topological polar surface area (TPSA) is 215 Å². The van der Waals surface area contributed by atoms with Gasteiger partial charge in [0.15, 0.2) is 0 Å². The van der Waals surface area contributed by atoms with Crippen LogP contribution in [0.5, 0.6) is 5.75 Å². The van der Waals surface area contributed by atoms with Gasteiger partial charge < -0.3 is 41.9 Å². The molecule has 13 nitrogen and oxygen atoms in total. The van der Waals surface area contributed by atoms with Gasteiger partial charge in [-0.2, -0.15) is 11.8 Å². The van der Waals surface area contributed by atoms with Gasteiger partial charge in [-0.3, -0.25) is 14.4 Å². The summed E-state index contributed by atoms with van der Waals surface area (Å²) >= 11 is 1.45. The fraction of sp³-hybridized carbons (Fsp3) is 0.323. The number of nitrogens with zero attached hydrogens (tertiary/aromatic N) is 1. The van der Waals surface area contributed by atoms with Crippen LogP contribution in [0.2, 0.25) is 0 Å². The number of hydrogen-bond donors (Lipinski definition) is 8. The molecule has 0 spiro atoms. The molecule has 2 heterocycles. The highest BCUT2D eigenvalue weighted by molar-refractivity contribution is 7.98. The number of carbonyl (C=O) groups excluding carboxylic acids is 3. The summed E-state index contributed by atoms with van der Waals surface area (Å²) in [5.41, 5.74) is 9.09. The van der Waals surface area contributed by atoms with Gasteiger partial charge in [0, 0.05) is 41.8 Å². The molecule has 0 radical (unpaired) electrons. The molecule has 0 aliphatic rings. The van der Waals surface area contributed by atoms with Gasteiger partial charge in [-0.05, 0) is 54.2 Å². The Kier molecular flexibility index (Phi) is 11.6. The molecule has 4 unspecified atom stereocenters. The Balaban J connectivity index is 1.56. The standard InChI is InChI=1S/C31H37N7O6S/c1-45-11-10-25(31(43)44)36-30(42)27(14-20-16-33-17-35-20)38-29(41)26(13-19-15-34-24-5-3-2-4-22(19)24)37-28(40)23(32)12-18-6-8-21(39)9-7-18/h2-9,15-17,23,25-27,34,39H,10-14,32H2,1H3,(H,33,35)(H,36,42)(H,37,40)(H,38,41)(H,43,44). The highest BCUT2D eigenvalue weighted by Crippen LogP contribution is 2.20. The SMILES string of the molecule is CSCCC(NC(=O)C(Cc1cnc[nH]1)NC(=O)C(Cc1c[nH]c2ccccc12)NC(=O)C(N)Cc1ccc(O)cc1)C(=O)O. The van der Waals surface area contributed by atoms with E-state index in [0.29, 0.717) is 11.4 Å². The Bertz CT molecular complexity index is 1590. The molecular weight excluding hydrogens is 598 g/mol. The number of phenolic OH excluding ortho intramolecular Hbond substituents is 1. The molecule has 238 valence electrons. The molecule has 0 fully saturated rings. The number of nitrogens with one attached hydrogen (secondary N) is 5. The predicted molar refractivity (Wildman–Crippen MR) is 171 cm³/mol. The number of aliphatic carboxylic acids is 1. The second kappa shape index (κ2) is 15.8. The summed E-state index contributed by atoms with van der Waals surface area (Å²) in [7, 11) is 0. The number of aromatic hydroxyl groups is 1. The number of aromatic amines is 2. The van der Waals surface area contributed by atoms with Crippen molar-refractivity contribution in [2.75, 3.05) is 12.0 Å². The molecule has 0 aliphatic heterocycles. The average molecular weight is 636 g/mol. The zero-order valence-corrected chi connectivity index (χ0v) is 25.5. The number of phenols is 1. The number of amides is 3. The molecule has 14 heteroatoms. The summed E-state index contributed by atoms with van der Waals surface area (Å²) in [5.74, 6) is -2.51. The van der Waals surface area contributed by atoms with E-state index in [0.717, 1.165) is 22.0 Å². The lowest BCUT2D eigenvalue weighted by Gasteiger charge is -2.25. The van der Waals surface area contributed by atoms with E-state index in [1.165, 1.54) is 36.4 Å². The van der Waals surface area contributed by atoms with E-state index >= 15 is 0 Å². The summed E-state index contributed by atoms with van der Waals surface area (Å²) in [6.45, 7) is 0. The second-order valence-corrected chi connectivity index (χ2v) is 11.6. The van der Waals surface area contributed by atoms with Gasteiger partial charge in [0.05, 0.1) is 12.4 Å². The van der Waals surface area contributed by atoms with E-state index in [4.69, 9.17) is 5.73 Å². The molecule has 4 atom stereocenters. The number of hydrogen-bond acceptors (Lipinski definition) is 8. The van der Waals surface area contributed by atoms with Crippen molar-refractivity contribution in [1.82, 2.24) is 30.9 Å². The van der Waals surface area contributed by atoms with Crippen LogP contribution in [0.25, 0.3) is 10.9 Å². The number of rotatable bonds is 16. The molecule has 2 aromatic carbocycles. The van der Waals surface area contributed by atoms with Gasteiger partial charge in [-0.15, -0.1) is 0 Å². The third kappa shape index (κ3) is 9.33. The van der Waals surface area contributed by atoms with Crippen molar-refractivity contribution in [2.45, 2.75) is 49.9 Å². The molecule has 0 saturated heterocycles. The minimum absolute atomic E-state index is 0.000554. The van der Waals surface area contributed by atoms with Crippen LogP contribution >= 0.6 is 11.8 Å².